The highest BCUT2D eigenvalue weighted by molar-refractivity contribution is 5.13. The van der Waals surface area contributed by atoms with Crippen LogP contribution >= 0.6 is 0 Å². The van der Waals surface area contributed by atoms with Gasteiger partial charge in [0.25, 0.3) is 0 Å². The minimum Gasteiger partial charge on any atom is -0.380 e. The normalized spacial score (nSPS) is 11.7. The number of aliphatic hydroxyl groups excluding tert-OH is 1. The molecular weight excluding hydrogens is 284 g/mol. The molecule has 0 aliphatic heterocycles. The van der Waals surface area contributed by atoms with Gasteiger partial charge in [-0.15, -0.1) is 5.92 Å². The molecule has 1 atom stereocenters. The van der Waals surface area contributed by atoms with Crippen molar-refractivity contribution in [3.05, 3.63) is 35.9 Å². The average molecular weight is 316 g/mol. The molecule has 1 rings (SSSR count). The minimum atomic E-state index is -0.560. The molecule has 128 valence electrons. The molecule has 0 spiro atoms. The molecule has 0 aliphatic rings. The predicted molar refractivity (Wildman–Crippen MR) is 97.1 cm³/mol. The molecule has 2 nitrogen and oxygen atoms in total. The Kier molecular flexibility index (Phi) is 12.3. The van der Waals surface area contributed by atoms with Gasteiger partial charge in [-0.05, 0) is 12.0 Å². The smallest absolute Gasteiger partial charge is 0.116 e. The van der Waals surface area contributed by atoms with Crippen LogP contribution in [-0.2, 0) is 11.3 Å². The fraction of sp³-hybridized carbons (Fsp3) is 0.619. The number of aliphatic hydroxyl groups is 1. The lowest BCUT2D eigenvalue weighted by molar-refractivity contribution is 0.0906. The first-order valence-corrected chi connectivity index (χ1v) is 9.11. The van der Waals surface area contributed by atoms with Crippen LogP contribution < -0.4 is 0 Å². The van der Waals surface area contributed by atoms with E-state index in [0.29, 0.717) is 19.6 Å². The first kappa shape index (κ1) is 19.7. The van der Waals surface area contributed by atoms with Crippen molar-refractivity contribution in [2.75, 3.05) is 6.61 Å². The third kappa shape index (κ3) is 11.9. The highest BCUT2D eigenvalue weighted by atomic mass is 16.5. The van der Waals surface area contributed by atoms with E-state index in [1.165, 1.54) is 38.5 Å². The van der Waals surface area contributed by atoms with Crippen molar-refractivity contribution >= 4 is 0 Å². The summed E-state index contributed by atoms with van der Waals surface area (Å²) in [6, 6.07) is 10.1. The Balaban J connectivity index is 1.94. The molecule has 0 unspecified atom stereocenters. The third-order valence-corrected chi connectivity index (χ3v) is 3.82. The zero-order valence-electron chi connectivity index (χ0n) is 14.6. The SMILES string of the molecule is CCCCCCCCCC#C[C@H](O)CCOCc1ccccc1. The standard InChI is InChI=1S/C21H32O2/c1-2-3-4-5-6-7-8-9-13-16-21(22)17-18-23-19-20-14-11-10-12-15-20/h10-12,14-15,21-22H,2-9,17-19H2,1H3/t21-/m0/s1. The van der Waals surface area contributed by atoms with Crippen molar-refractivity contribution in [3.8, 4) is 11.8 Å². The third-order valence-electron chi connectivity index (χ3n) is 3.82. The molecule has 23 heavy (non-hydrogen) atoms. The van der Waals surface area contributed by atoms with Gasteiger partial charge < -0.3 is 9.84 Å². The van der Waals surface area contributed by atoms with Crippen LogP contribution in [0, 0.1) is 11.8 Å². The molecule has 1 N–H and O–H groups in total. The maximum atomic E-state index is 9.79. The van der Waals surface area contributed by atoms with E-state index in [-0.39, 0.29) is 0 Å². The summed E-state index contributed by atoms with van der Waals surface area (Å²) in [6.45, 7) is 3.38. The van der Waals surface area contributed by atoms with Gasteiger partial charge >= 0.3 is 0 Å². The molecule has 0 amide bonds. The van der Waals surface area contributed by atoms with E-state index >= 15 is 0 Å². The van der Waals surface area contributed by atoms with Crippen LogP contribution in [0.15, 0.2) is 30.3 Å². The van der Waals surface area contributed by atoms with Gasteiger partial charge in [-0.2, -0.15) is 0 Å². The van der Waals surface area contributed by atoms with Crippen LogP contribution in [0.4, 0.5) is 0 Å². The summed E-state index contributed by atoms with van der Waals surface area (Å²) in [7, 11) is 0. The number of benzene rings is 1. The van der Waals surface area contributed by atoms with Crippen LogP contribution in [-0.4, -0.2) is 17.8 Å². The summed E-state index contributed by atoms with van der Waals surface area (Å²) in [5.41, 5.74) is 1.16. The molecule has 0 aliphatic carbocycles. The van der Waals surface area contributed by atoms with E-state index in [9.17, 15) is 5.11 Å². The Morgan fingerprint density at radius 2 is 1.70 bits per heavy atom. The number of unbranched alkanes of at least 4 members (excludes halogenated alkanes) is 7. The van der Waals surface area contributed by atoms with E-state index in [0.717, 1.165) is 18.4 Å². The zero-order chi connectivity index (χ0) is 16.6. The van der Waals surface area contributed by atoms with Gasteiger partial charge in [-0.1, -0.05) is 81.7 Å². The number of ether oxygens (including phenoxy) is 1. The first-order valence-electron chi connectivity index (χ1n) is 9.11. The van der Waals surface area contributed by atoms with Crippen molar-refractivity contribution in [2.24, 2.45) is 0 Å². The van der Waals surface area contributed by atoms with Crippen LogP contribution in [0.3, 0.4) is 0 Å². The summed E-state index contributed by atoms with van der Waals surface area (Å²) in [5.74, 6) is 6.01. The Bertz CT molecular complexity index is 430. The van der Waals surface area contributed by atoms with E-state index in [1.54, 1.807) is 0 Å². The number of hydrogen-bond donors (Lipinski definition) is 1. The lowest BCUT2D eigenvalue weighted by Gasteiger charge is -2.05. The lowest BCUT2D eigenvalue weighted by atomic mass is 10.1. The van der Waals surface area contributed by atoms with Crippen molar-refractivity contribution in [2.45, 2.75) is 77.4 Å². The Morgan fingerprint density at radius 1 is 1.00 bits per heavy atom. The lowest BCUT2D eigenvalue weighted by Crippen LogP contribution is -2.08. The van der Waals surface area contributed by atoms with Crippen LogP contribution in [0.25, 0.3) is 0 Å². The molecule has 1 aromatic rings. The summed E-state index contributed by atoms with van der Waals surface area (Å²) < 4.78 is 5.55. The Labute approximate surface area is 142 Å². The largest absolute Gasteiger partial charge is 0.380 e. The first-order chi connectivity index (χ1) is 11.3. The topological polar surface area (TPSA) is 29.5 Å². The molecule has 0 aromatic heterocycles. The summed E-state index contributed by atoms with van der Waals surface area (Å²) in [5, 5.41) is 9.79. The van der Waals surface area contributed by atoms with Crippen LogP contribution in [0.2, 0.25) is 0 Å². The molecule has 0 bridgehead atoms. The van der Waals surface area contributed by atoms with Gasteiger partial charge in [0.2, 0.25) is 0 Å². The fourth-order valence-corrected chi connectivity index (χ4v) is 2.39. The minimum absolute atomic E-state index is 0.544. The highest BCUT2D eigenvalue weighted by Crippen LogP contribution is 2.08. The van der Waals surface area contributed by atoms with Gasteiger partial charge in [0, 0.05) is 12.8 Å². The fourth-order valence-electron chi connectivity index (χ4n) is 2.39. The molecular formula is C21H32O2. The molecule has 0 heterocycles. The highest BCUT2D eigenvalue weighted by Gasteiger charge is 1.99. The van der Waals surface area contributed by atoms with Crippen LogP contribution in [0.5, 0.6) is 0 Å². The second-order valence-corrected chi connectivity index (χ2v) is 6.04. The average Bonchev–Trinajstić information content (AvgIpc) is 2.58. The molecule has 0 saturated heterocycles. The van der Waals surface area contributed by atoms with E-state index in [4.69, 9.17) is 4.74 Å². The predicted octanol–water partition coefficient (Wildman–Crippen LogP) is 5.10. The number of rotatable bonds is 12. The molecule has 0 saturated carbocycles. The van der Waals surface area contributed by atoms with Gasteiger partial charge in [0.05, 0.1) is 13.2 Å². The number of hydrogen-bond acceptors (Lipinski definition) is 2. The maximum absolute atomic E-state index is 9.79. The van der Waals surface area contributed by atoms with E-state index in [2.05, 4.69) is 18.8 Å². The molecule has 2 heteroatoms. The van der Waals surface area contributed by atoms with Crippen molar-refractivity contribution in [1.82, 2.24) is 0 Å². The second-order valence-electron chi connectivity index (χ2n) is 6.04. The Morgan fingerprint density at radius 3 is 2.43 bits per heavy atom. The summed E-state index contributed by atoms with van der Waals surface area (Å²) in [6.07, 6.45) is 10.0. The summed E-state index contributed by atoms with van der Waals surface area (Å²) in [4.78, 5) is 0. The Hall–Kier alpha value is -1.30. The maximum Gasteiger partial charge on any atom is 0.116 e. The molecule has 0 fully saturated rings. The molecule has 1 aromatic carbocycles. The second kappa shape index (κ2) is 14.3. The quantitative estimate of drug-likeness (QED) is 0.429. The van der Waals surface area contributed by atoms with Crippen molar-refractivity contribution in [3.63, 3.8) is 0 Å². The molecule has 0 radical (unpaired) electrons. The summed E-state index contributed by atoms with van der Waals surface area (Å²) >= 11 is 0. The van der Waals surface area contributed by atoms with Gasteiger partial charge in [0.15, 0.2) is 0 Å². The van der Waals surface area contributed by atoms with Gasteiger partial charge in [-0.25, -0.2) is 0 Å². The van der Waals surface area contributed by atoms with Crippen molar-refractivity contribution < 1.29 is 9.84 Å². The van der Waals surface area contributed by atoms with Crippen molar-refractivity contribution in [1.29, 1.82) is 0 Å². The monoisotopic (exact) mass is 316 g/mol. The van der Waals surface area contributed by atoms with Gasteiger partial charge in [-0.3, -0.25) is 0 Å². The zero-order valence-corrected chi connectivity index (χ0v) is 14.6. The van der Waals surface area contributed by atoms with Gasteiger partial charge in [0.1, 0.15) is 6.10 Å². The van der Waals surface area contributed by atoms with E-state index in [1.807, 2.05) is 30.3 Å². The van der Waals surface area contributed by atoms with Crippen LogP contribution in [0.1, 0.15) is 70.3 Å². The van der Waals surface area contributed by atoms with E-state index < -0.39 is 6.10 Å².